The molecule has 2 atom stereocenters. The zero-order chi connectivity index (χ0) is 7.90. The van der Waals surface area contributed by atoms with Crippen molar-refractivity contribution in [1.82, 2.24) is 5.32 Å². The third kappa shape index (κ3) is 1.04. The zero-order valence-corrected chi connectivity index (χ0v) is 6.93. The molecule has 1 saturated carbocycles. The number of fused-ring (bicyclic) bond motifs is 1. The van der Waals surface area contributed by atoms with Crippen molar-refractivity contribution in [1.29, 1.82) is 5.26 Å². The summed E-state index contributed by atoms with van der Waals surface area (Å²) in [5, 5.41) is 12.3. The van der Waals surface area contributed by atoms with Gasteiger partial charge < -0.3 is 5.32 Å². The Morgan fingerprint density at radius 3 is 2.36 bits per heavy atom. The summed E-state index contributed by atoms with van der Waals surface area (Å²) in [6, 6.07) is 2.44. The van der Waals surface area contributed by atoms with Gasteiger partial charge in [-0.3, -0.25) is 0 Å². The van der Waals surface area contributed by atoms with Gasteiger partial charge in [0.2, 0.25) is 0 Å². The zero-order valence-electron chi connectivity index (χ0n) is 6.93. The van der Waals surface area contributed by atoms with E-state index in [1.54, 1.807) is 0 Å². The van der Waals surface area contributed by atoms with Crippen LogP contribution in [-0.4, -0.2) is 13.1 Å². The highest BCUT2D eigenvalue weighted by Gasteiger charge is 2.44. The third-order valence-corrected chi connectivity index (χ3v) is 3.18. The maximum absolute atomic E-state index is 8.91. The molecule has 2 nitrogen and oxygen atoms in total. The van der Waals surface area contributed by atoms with Crippen LogP contribution in [0.1, 0.15) is 19.8 Å². The van der Waals surface area contributed by atoms with Crippen molar-refractivity contribution in [3.8, 4) is 6.07 Å². The fourth-order valence-corrected chi connectivity index (χ4v) is 2.60. The molecule has 1 heterocycles. The highest BCUT2D eigenvalue weighted by molar-refractivity contribution is 5.06. The summed E-state index contributed by atoms with van der Waals surface area (Å²) in [5.74, 6) is 1.58. The summed E-state index contributed by atoms with van der Waals surface area (Å²) in [6.45, 7) is 4.38. The van der Waals surface area contributed by atoms with Crippen molar-refractivity contribution in [3.63, 3.8) is 0 Å². The second kappa shape index (κ2) is 2.22. The van der Waals surface area contributed by atoms with Crippen LogP contribution >= 0.6 is 0 Å². The van der Waals surface area contributed by atoms with Gasteiger partial charge in [0.1, 0.15) is 0 Å². The second-order valence-corrected chi connectivity index (χ2v) is 4.26. The fraction of sp³-hybridized carbons (Fsp3) is 0.889. The van der Waals surface area contributed by atoms with Crippen LogP contribution in [0.15, 0.2) is 0 Å². The lowest BCUT2D eigenvalue weighted by atomic mass is 9.89. The van der Waals surface area contributed by atoms with Crippen molar-refractivity contribution < 1.29 is 0 Å². The topological polar surface area (TPSA) is 35.8 Å². The van der Waals surface area contributed by atoms with Gasteiger partial charge in [0, 0.05) is 0 Å². The average Bonchev–Trinajstić information content (AvgIpc) is 2.46. The Morgan fingerprint density at radius 2 is 1.91 bits per heavy atom. The normalized spacial score (nSPS) is 48.7. The molecule has 0 aromatic heterocycles. The van der Waals surface area contributed by atoms with Crippen LogP contribution in [-0.2, 0) is 0 Å². The highest BCUT2D eigenvalue weighted by atomic mass is 14.9. The van der Waals surface area contributed by atoms with E-state index in [-0.39, 0.29) is 5.41 Å². The molecule has 60 valence electrons. The first kappa shape index (κ1) is 7.12. The first-order chi connectivity index (χ1) is 5.23. The minimum Gasteiger partial charge on any atom is -0.316 e. The summed E-state index contributed by atoms with van der Waals surface area (Å²) >= 11 is 0. The number of rotatable bonds is 0. The second-order valence-electron chi connectivity index (χ2n) is 4.26. The molecule has 1 aliphatic carbocycles. The third-order valence-electron chi connectivity index (χ3n) is 3.18. The van der Waals surface area contributed by atoms with E-state index in [0.29, 0.717) is 0 Å². The number of nitrogens with one attached hydrogen (secondary N) is 1. The summed E-state index contributed by atoms with van der Waals surface area (Å²) < 4.78 is 0. The number of hydrogen-bond acceptors (Lipinski definition) is 2. The molecule has 1 aliphatic heterocycles. The monoisotopic (exact) mass is 150 g/mol. The van der Waals surface area contributed by atoms with Crippen LogP contribution in [0, 0.1) is 28.6 Å². The van der Waals surface area contributed by atoms with Gasteiger partial charge in [0.15, 0.2) is 0 Å². The van der Waals surface area contributed by atoms with Crippen LogP contribution in [0.3, 0.4) is 0 Å². The highest BCUT2D eigenvalue weighted by Crippen LogP contribution is 2.46. The molecule has 0 bridgehead atoms. The lowest BCUT2D eigenvalue weighted by Gasteiger charge is -2.13. The molecule has 1 saturated heterocycles. The molecule has 2 unspecified atom stereocenters. The molecule has 2 rings (SSSR count). The van der Waals surface area contributed by atoms with E-state index in [1.165, 1.54) is 0 Å². The standard InChI is InChI=1S/C9H14N2/c1-9(6-10)2-7-4-11-5-8(7)3-9/h7-8,11H,2-5H2,1H3. The van der Waals surface area contributed by atoms with E-state index in [2.05, 4.69) is 18.3 Å². The van der Waals surface area contributed by atoms with Crippen molar-refractivity contribution in [2.45, 2.75) is 19.8 Å². The van der Waals surface area contributed by atoms with Crippen molar-refractivity contribution >= 4 is 0 Å². The quantitative estimate of drug-likeness (QED) is 0.562. The van der Waals surface area contributed by atoms with E-state index in [0.717, 1.165) is 37.8 Å². The van der Waals surface area contributed by atoms with Crippen LogP contribution in [0.4, 0.5) is 0 Å². The molecule has 0 radical (unpaired) electrons. The van der Waals surface area contributed by atoms with E-state index >= 15 is 0 Å². The predicted octanol–water partition coefficient (Wildman–Crippen LogP) is 1.15. The summed E-state index contributed by atoms with van der Waals surface area (Å²) in [6.07, 6.45) is 2.22. The minimum absolute atomic E-state index is 0.00255. The Labute approximate surface area is 67.6 Å². The van der Waals surface area contributed by atoms with E-state index in [4.69, 9.17) is 5.26 Å². The van der Waals surface area contributed by atoms with Gasteiger partial charge in [-0.25, -0.2) is 0 Å². The molecule has 0 amide bonds. The summed E-state index contributed by atoms with van der Waals surface area (Å²) in [4.78, 5) is 0. The van der Waals surface area contributed by atoms with E-state index in [1.807, 2.05) is 0 Å². The molecule has 2 heteroatoms. The van der Waals surface area contributed by atoms with Gasteiger partial charge in [0.25, 0.3) is 0 Å². The largest absolute Gasteiger partial charge is 0.316 e. The van der Waals surface area contributed by atoms with Crippen LogP contribution in [0.25, 0.3) is 0 Å². The first-order valence-corrected chi connectivity index (χ1v) is 4.35. The van der Waals surface area contributed by atoms with Gasteiger partial charge in [0.05, 0.1) is 11.5 Å². The average molecular weight is 150 g/mol. The fourth-order valence-electron chi connectivity index (χ4n) is 2.60. The molecule has 2 fully saturated rings. The molecular weight excluding hydrogens is 136 g/mol. The molecule has 11 heavy (non-hydrogen) atoms. The lowest BCUT2D eigenvalue weighted by Crippen LogP contribution is -2.16. The number of nitrogens with zero attached hydrogens (tertiary/aromatic N) is 1. The molecular formula is C9H14N2. The minimum atomic E-state index is -0.00255. The molecule has 0 aromatic carbocycles. The maximum atomic E-state index is 8.91. The van der Waals surface area contributed by atoms with Crippen molar-refractivity contribution in [2.24, 2.45) is 17.3 Å². The smallest absolute Gasteiger partial charge is 0.0687 e. The molecule has 2 aliphatic rings. The van der Waals surface area contributed by atoms with Crippen LogP contribution < -0.4 is 5.32 Å². The predicted molar refractivity (Wildman–Crippen MR) is 42.8 cm³/mol. The van der Waals surface area contributed by atoms with Gasteiger partial charge in [-0.1, -0.05) is 0 Å². The Balaban J connectivity index is 2.11. The SMILES string of the molecule is CC1(C#N)CC2CNCC2C1. The maximum Gasteiger partial charge on any atom is 0.0687 e. The van der Waals surface area contributed by atoms with Gasteiger partial charge >= 0.3 is 0 Å². The van der Waals surface area contributed by atoms with Crippen molar-refractivity contribution in [2.75, 3.05) is 13.1 Å². The molecule has 0 aromatic rings. The lowest BCUT2D eigenvalue weighted by molar-refractivity contribution is 0.417. The van der Waals surface area contributed by atoms with E-state index in [9.17, 15) is 0 Å². The Bertz CT molecular complexity index is 192. The first-order valence-electron chi connectivity index (χ1n) is 4.35. The summed E-state index contributed by atoms with van der Waals surface area (Å²) in [7, 11) is 0. The van der Waals surface area contributed by atoms with Crippen LogP contribution in [0.2, 0.25) is 0 Å². The van der Waals surface area contributed by atoms with Gasteiger partial charge in [-0.2, -0.15) is 5.26 Å². The summed E-state index contributed by atoms with van der Waals surface area (Å²) in [5.41, 5.74) is -0.00255. The molecule has 1 N–H and O–H groups in total. The van der Waals surface area contributed by atoms with Gasteiger partial charge in [-0.05, 0) is 44.7 Å². The van der Waals surface area contributed by atoms with E-state index < -0.39 is 0 Å². The Kier molecular flexibility index (Phi) is 1.43. The Hall–Kier alpha value is -0.550. The number of nitriles is 1. The van der Waals surface area contributed by atoms with Crippen molar-refractivity contribution in [3.05, 3.63) is 0 Å². The van der Waals surface area contributed by atoms with Gasteiger partial charge in [-0.15, -0.1) is 0 Å². The van der Waals surface area contributed by atoms with Crippen LogP contribution in [0.5, 0.6) is 0 Å². The Morgan fingerprint density at radius 1 is 1.36 bits per heavy atom. The number of hydrogen-bond donors (Lipinski definition) is 1. The molecule has 0 spiro atoms.